The quantitative estimate of drug-likeness (QED) is 0.250. The van der Waals surface area contributed by atoms with Crippen molar-refractivity contribution in [2.45, 2.75) is 137 Å². The number of esters is 6. The van der Waals surface area contributed by atoms with Gasteiger partial charge >= 0.3 is 48.0 Å². The molecule has 1 N–H and O–H groups in total. The molecule has 336 valence electrons. The van der Waals surface area contributed by atoms with Gasteiger partial charge in [0.2, 0.25) is 6.29 Å². The second-order valence-electron chi connectivity index (χ2n) is 16.0. The van der Waals surface area contributed by atoms with Crippen molar-refractivity contribution >= 4 is 53.8 Å². The van der Waals surface area contributed by atoms with Crippen LogP contribution in [0.25, 0.3) is 0 Å². The minimum Gasteiger partial charge on any atom is -0.467 e. The van der Waals surface area contributed by atoms with Gasteiger partial charge in [-0.05, 0) is 61.5 Å². The normalized spacial score (nSPS) is 21.5. The molecule has 4 atom stereocenters. The number of benzene rings is 1. The molecule has 0 spiro atoms. The number of ether oxygens (including phenoxy) is 8. The molecule has 20 heteroatoms. The lowest BCUT2D eigenvalue weighted by Crippen LogP contribution is -2.52. The lowest BCUT2D eigenvalue weighted by atomic mass is 9.98. The summed E-state index contributed by atoms with van der Waals surface area (Å²) >= 11 is 0. The number of ketones is 1. The standard InChI is InChI=1S/C12H21NO5.C12H19NO5.C10H8O4.C6H10O4/c2*1-11(2,3)18-10(16)13-7-8(14)6-12(13,4)9(15)17-5;1-6(11)13-10-8-5-3-2-4-7(8)9(12)14-10;1-4(7)9-6(3)10-5(2)8/h8,14H,6-7H2,1-5H3;6-7H2,1-5H3;2-5,10H,1H3;6H,1-3H3/t8-,12+;12-;;/m10../s1. The van der Waals surface area contributed by atoms with Crippen molar-refractivity contribution < 1.29 is 86.2 Å². The molecule has 3 heterocycles. The molecule has 0 radical (unpaired) electrons. The summed E-state index contributed by atoms with van der Waals surface area (Å²) in [5, 5.41) is 9.67. The van der Waals surface area contributed by atoms with Crippen LogP contribution < -0.4 is 0 Å². The number of carbonyl (C=O) groups is 9. The fraction of sp³-hybridized carbons (Fsp3) is 0.625. The van der Waals surface area contributed by atoms with Crippen molar-refractivity contribution in [2.75, 3.05) is 27.3 Å². The molecule has 3 aliphatic heterocycles. The molecule has 1 aromatic rings. The topological polar surface area (TPSA) is 254 Å². The number of hydrogen-bond donors (Lipinski definition) is 1. The highest BCUT2D eigenvalue weighted by molar-refractivity contribution is 5.98. The molecule has 3 aliphatic rings. The van der Waals surface area contributed by atoms with E-state index in [1.54, 1.807) is 72.7 Å². The van der Waals surface area contributed by atoms with Gasteiger partial charge < -0.3 is 43.0 Å². The van der Waals surface area contributed by atoms with Crippen LogP contribution in [0.4, 0.5) is 9.59 Å². The number of rotatable bonds is 5. The average molecular weight is 855 g/mol. The van der Waals surface area contributed by atoms with Crippen molar-refractivity contribution in [3.63, 3.8) is 0 Å². The summed E-state index contributed by atoms with van der Waals surface area (Å²) in [7, 11) is 2.48. The van der Waals surface area contributed by atoms with Crippen LogP contribution in [0.2, 0.25) is 0 Å². The van der Waals surface area contributed by atoms with Gasteiger partial charge in [-0.3, -0.25) is 29.0 Å². The lowest BCUT2D eigenvalue weighted by molar-refractivity contribution is -0.181. The molecule has 60 heavy (non-hydrogen) atoms. The molecular formula is C40H58N2O18. The van der Waals surface area contributed by atoms with Crippen molar-refractivity contribution in [2.24, 2.45) is 0 Å². The number of Topliss-reactive ketones (excluding diaryl/α,β-unsaturated/α-hetero) is 1. The fourth-order valence-corrected chi connectivity index (χ4v) is 5.77. The molecular weight excluding hydrogens is 796 g/mol. The maximum atomic E-state index is 12.0. The molecule has 1 unspecified atom stereocenters. The summed E-state index contributed by atoms with van der Waals surface area (Å²) in [5.74, 6) is -3.20. The molecule has 2 fully saturated rings. The number of aliphatic hydroxyl groups is 1. The van der Waals surface area contributed by atoms with E-state index in [1.807, 2.05) is 0 Å². The van der Waals surface area contributed by atoms with Gasteiger partial charge in [-0.1, -0.05) is 18.2 Å². The Bertz CT molecular complexity index is 1750. The van der Waals surface area contributed by atoms with Gasteiger partial charge in [0.15, 0.2) is 5.78 Å². The zero-order chi connectivity index (χ0) is 46.6. The second kappa shape index (κ2) is 21.5. The summed E-state index contributed by atoms with van der Waals surface area (Å²) in [6.07, 6.45) is -3.60. The number of fused-ring (bicyclic) bond motifs is 1. The maximum Gasteiger partial charge on any atom is 0.411 e. The molecule has 2 saturated heterocycles. The number of cyclic esters (lactones) is 1. The van der Waals surface area contributed by atoms with Crippen LogP contribution >= 0.6 is 0 Å². The Morgan fingerprint density at radius 2 is 1.23 bits per heavy atom. The van der Waals surface area contributed by atoms with Crippen LogP contribution in [0.1, 0.15) is 118 Å². The van der Waals surface area contributed by atoms with Gasteiger partial charge in [0.05, 0.1) is 39.0 Å². The van der Waals surface area contributed by atoms with E-state index in [0.717, 1.165) is 4.90 Å². The van der Waals surface area contributed by atoms with Gasteiger partial charge in [-0.2, -0.15) is 0 Å². The Labute approximate surface area is 349 Å². The minimum absolute atomic E-state index is 0.0427. The highest BCUT2D eigenvalue weighted by Crippen LogP contribution is 2.33. The third-order valence-corrected chi connectivity index (χ3v) is 8.16. The summed E-state index contributed by atoms with van der Waals surface area (Å²) in [5.41, 5.74) is -2.71. The SMILES string of the molecule is CC(=O)OC(C)OC(C)=O.CC(=O)OC1OC(=O)c2ccccc21.COC(=O)[C@]1(C)CC(=O)CN1C(=O)OC(C)(C)C.COC(=O)[C@]1(C)C[C@@H](O)CN1C(=O)OC(C)(C)C. The molecule has 2 amide bonds. The van der Waals surface area contributed by atoms with Crippen molar-refractivity contribution in [3.05, 3.63) is 35.4 Å². The van der Waals surface area contributed by atoms with Crippen LogP contribution in [0.15, 0.2) is 24.3 Å². The summed E-state index contributed by atoms with van der Waals surface area (Å²) in [4.78, 5) is 104. The van der Waals surface area contributed by atoms with E-state index >= 15 is 0 Å². The van der Waals surface area contributed by atoms with E-state index in [9.17, 15) is 48.3 Å². The molecule has 0 saturated carbocycles. The Morgan fingerprint density at radius 1 is 0.767 bits per heavy atom. The highest BCUT2D eigenvalue weighted by Gasteiger charge is 2.53. The zero-order valence-electron chi connectivity index (χ0n) is 36.7. The van der Waals surface area contributed by atoms with Gasteiger partial charge in [-0.25, -0.2) is 24.0 Å². The summed E-state index contributed by atoms with van der Waals surface area (Å²) in [6.45, 7) is 18.7. The number of hydrogen-bond acceptors (Lipinski definition) is 18. The highest BCUT2D eigenvalue weighted by atomic mass is 16.7. The largest absolute Gasteiger partial charge is 0.467 e. The number of methoxy groups -OCH3 is 2. The predicted octanol–water partition coefficient (Wildman–Crippen LogP) is 3.93. The lowest BCUT2D eigenvalue weighted by Gasteiger charge is -2.33. The minimum atomic E-state index is -1.27. The van der Waals surface area contributed by atoms with E-state index in [-0.39, 0.29) is 31.7 Å². The third-order valence-electron chi connectivity index (χ3n) is 8.16. The van der Waals surface area contributed by atoms with Crippen LogP contribution in [0.3, 0.4) is 0 Å². The predicted molar refractivity (Wildman–Crippen MR) is 206 cm³/mol. The van der Waals surface area contributed by atoms with Gasteiger partial charge in [0.1, 0.15) is 22.3 Å². The molecule has 0 bridgehead atoms. The number of amides is 2. The van der Waals surface area contributed by atoms with E-state index < -0.39 is 89.0 Å². The van der Waals surface area contributed by atoms with E-state index in [2.05, 4.69) is 14.2 Å². The number of β-amino-alcohol motifs (C(OH)–C–C–N with tert-alkyl or cyclic N) is 1. The molecule has 4 rings (SSSR count). The zero-order valence-corrected chi connectivity index (χ0v) is 36.7. The first kappa shape index (κ1) is 52.2. The third kappa shape index (κ3) is 15.8. The first-order chi connectivity index (χ1) is 27.4. The van der Waals surface area contributed by atoms with E-state index in [1.165, 1.54) is 53.7 Å². The number of aliphatic hydroxyl groups excluding tert-OH is 1. The smallest absolute Gasteiger partial charge is 0.411 e. The van der Waals surface area contributed by atoms with Gasteiger partial charge in [0, 0.05) is 46.1 Å². The molecule has 0 aliphatic carbocycles. The van der Waals surface area contributed by atoms with Crippen molar-refractivity contribution in [3.8, 4) is 0 Å². The van der Waals surface area contributed by atoms with Crippen molar-refractivity contribution in [1.29, 1.82) is 0 Å². The number of likely N-dealkylation sites (tertiary alicyclic amines) is 2. The Balaban J connectivity index is 0.000000409. The molecule has 20 nitrogen and oxygen atoms in total. The maximum absolute atomic E-state index is 12.0. The van der Waals surface area contributed by atoms with Crippen LogP contribution in [0, 0.1) is 0 Å². The Morgan fingerprint density at radius 3 is 1.68 bits per heavy atom. The fourth-order valence-electron chi connectivity index (χ4n) is 5.77. The van der Waals surface area contributed by atoms with Crippen LogP contribution in [-0.4, -0.2) is 131 Å². The van der Waals surface area contributed by atoms with Gasteiger partial charge in [-0.15, -0.1) is 0 Å². The number of nitrogens with zero attached hydrogens (tertiary/aromatic N) is 2. The van der Waals surface area contributed by atoms with E-state index in [4.69, 9.17) is 23.7 Å². The molecule has 1 aromatic carbocycles. The molecule has 0 aromatic heterocycles. The summed E-state index contributed by atoms with van der Waals surface area (Å²) in [6, 6.07) is 6.84. The Kier molecular flexibility index (Phi) is 18.7. The first-order valence-corrected chi connectivity index (χ1v) is 18.6. The average Bonchev–Trinajstić information content (AvgIpc) is 3.71. The monoisotopic (exact) mass is 854 g/mol. The number of carbonyl (C=O) groups excluding carboxylic acids is 9. The van der Waals surface area contributed by atoms with Crippen LogP contribution in [-0.2, 0) is 66.7 Å². The van der Waals surface area contributed by atoms with Gasteiger partial charge in [0.25, 0.3) is 6.29 Å². The second-order valence-corrected chi connectivity index (χ2v) is 16.0. The van der Waals surface area contributed by atoms with Crippen molar-refractivity contribution in [1.82, 2.24) is 9.80 Å². The van der Waals surface area contributed by atoms with E-state index in [0.29, 0.717) is 11.1 Å². The van der Waals surface area contributed by atoms with Crippen LogP contribution in [0.5, 0.6) is 0 Å². The first-order valence-electron chi connectivity index (χ1n) is 18.6. The Hall–Kier alpha value is -5.79. The summed E-state index contributed by atoms with van der Waals surface area (Å²) < 4.78 is 38.4.